The molecule has 21 heavy (non-hydrogen) atoms. The molecule has 3 nitrogen and oxygen atoms in total. The van der Waals surface area contributed by atoms with E-state index in [0.717, 1.165) is 22.5 Å². The Kier molecular flexibility index (Phi) is 4.13. The van der Waals surface area contributed by atoms with Crippen LogP contribution in [-0.4, -0.2) is 9.97 Å². The minimum absolute atomic E-state index is 0.646. The Bertz CT molecular complexity index is 722. The second-order valence-corrected chi connectivity index (χ2v) is 5.48. The smallest absolute Gasteiger partial charge is 0.0924 e. The maximum absolute atomic E-state index is 6.15. The lowest BCUT2D eigenvalue weighted by molar-refractivity contribution is 1.15. The zero-order valence-electron chi connectivity index (χ0n) is 11.1. The third-order valence-corrected chi connectivity index (χ3v) is 3.78. The number of halogens is 2. The maximum atomic E-state index is 6.15. The number of hydrogen-bond acceptors (Lipinski definition) is 2. The third kappa shape index (κ3) is 3.38. The van der Waals surface area contributed by atoms with E-state index < -0.39 is 0 Å². The lowest BCUT2D eigenvalue weighted by Gasteiger charge is -2.09. The normalized spacial score (nSPS) is 10.6. The first kappa shape index (κ1) is 14.0. The molecule has 0 bridgehead atoms. The Labute approximate surface area is 132 Å². The molecule has 106 valence electrons. The molecule has 0 fully saturated rings. The van der Waals surface area contributed by atoms with Crippen LogP contribution in [-0.2, 0) is 6.54 Å². The van der Waals surface area contributed by atoms with Gasteiger partial charge in [0.25, 0.3) is 0 Å². The molecule has 3 rings (SSSR count). The minimum Gasteiger partial charge on any atom is -0.381 e. The van der Waals surface area contributed by atoms with Gasteiger partial charge in [-0.05, 0) is 35.4 Å². The van der Waals surface area contributed by atoms with E-state index in [2.05, 4.69) is 15.3 Å². The average molecular weight is 318 g/mol. The van der Waals surface area contributed by atoms with Crippen molar-refractivity contribution in [2.75, 3.05) is 5.32 Å². The van der Waals surface area contributed by atoms with Crippen LogP contribution < -0.4 is 5.32 Å². The molecule has 0 aliphatic rings. The zero-order valence-corrected chi connectivity index (χ0v) is 12.6. The number of imidazole rings is 1. The van der Waals surface area contributed by atoms with Crippen LogP contribution in [0, 0.1) is 0 Å². The van der Waals surface area contributed by atoms with Gasteiger partial charge >= 0.3 is 0 Å². The Morgan fingerprint density at radius 3 is 2.52 bits per heavy atom. The van der Waals surface area contributed by atoms with Gasteiger partial charge in [0, 0.05) is 22.3 Å². The maximum Gasteiger partial charge on any atom is 0.0924 e. The topological polar surface area (TPSA) is 40.7 Å². The number of nitrogens with zero attached hydrogens (tertiary/aromatic N) is 1. The van der Waals surface area contributed by atoms with E-state index >= 15 is 0 Å². The van der Waals surface area contributed by atoms with Crippen LogP contribution in [0.5, 0.6) is 0 Å². The number of anilines is 1. The zero-order chi connectivity index (χ0) is 14.7. The Balaban J connectivity index is 1.68. The quantitative estimate of drug-likeness (QED) is 0.711. The highest BCUT2D eigenvalue weighted by Crippen LogP contribution is 2.23. The first-order valence-electron chi connectivity index (χ1n) is 6.49. The lowest BCUT2D eigenvalue weighted by Crippen LogP contribution is -1.99. The number of aromatic nitrogens is 2. The van der Waals surface area contributed by atoms with E-state index in [1.807, 2.05) is 36.4 Å². The fraction of sp³-hybridized carbons (Fsp3) is 0.0625. The van der Waals surface area contributed by atoms with E-state index in [1.54, 1.807) is 18.6 Å². The largest absolute Gasteiger partial charge is 0.381 e. The minimum atomic E-state index is 0.646. The van der Waals surface area contributed by atoms with Crippen LogP contribution in [0.15, 0.2) is 55.0 Å². The van der Waals surface area contributed by atoms with Crippen LogP contribution >= 0.6 is 23.2 Å². The summed E-state index contributed by atoms with van der Waals surface area (Å²) in [5.74, 6) is 0. The van der Waals surface area contributed by atoms with Crippen LogP contribution in [0.4, 0.5) is 5.69 Å². The highest BCUT2D eigenvalue weighted by molar-refractivity contribution is 6.35. The molecule has 0 unspecified atom stereocenters. The predicted molar refractivity (Wildman–Crippen MR) is 87.8 cm³/mol. The molecule has 1 heterocycles. The number of hydrogen-bond donors (Lipinski definition) is 2. The number of rotatable bonds is 4. The Morgan fingerprint density at radius 2 is 1.86 bits per heavy atom. The molecule has 0 saturated carbocycles. The van der Waals surface area contributed by atoms with Crippen molar-refractivity contribution in [3.63, 3.8) is 0 Å². The molecular weight excluding hydrogens is 305 g/mol. The molecular formula is C16H13Cl2N3. The molecule has 0 atom stereocenters. The Hall–Kier alpha value is -1.97. The fourth-order valence-corrected chi connectivity index (χ4v) is 2.52. The predicted octanol–water partition coefficient (Wildman–Crippen LogP) is 5.00. The van der Waals surface area contributed by atoms with E-state index in [9.17, 15) is 0 Å². The summed E-state index contributed by atoms with van der Waals surface area (Å²) in [5.41, 5.74) is 4.15. The summed E-state index contributed by atoms with van der Waals surface area (Å²) in [4.78, 5) is 7.10. The van der Waals surface area contributed by atoms with E-state index in [-0.39, 0.29) is 0 Å². The summed E-state index contributed by atoms with van der Waals surface area (Å²) in [6.07, 6.45) is 3.47. The molecule has 1 aromatic heterocycles. The van der Waals surface area contributed by atoms with Crippen LogP contribution in [0.2, 0.25) is 10.0 Å². The second-order valence-electron chi connectivity index (χ2n) is 4.63. The standard InChI is InChI=1S/C16H13Cl2N3/c17-13-4-1-12(15(18)7-13)8-20-14-5-2-11(3-6-14)16-9-19-10-21-16/h1-7,9-10,20H,8H2,(H,19,21). The Morgan fingerprint density at radius 1 is 1.05 bits per heavy atom. The van der Waals surface area contributed by atoms with Crippen LogP contribution in [0.3, 0.4) is 0 Å². The molecule has 0 saturated heterocycles. The van der Waals surface area contributed by atoms with Crippen molar-refractivity contribution in [3.8, 4) is 11.3 Å². The van der Waals surface area contributed by atoms with Gasteiger partial charge in [-0.15, -0.1) is 0 Å². The van der Waals surface area contributed by atoms with Gasteiger partial charge in [-0.25, -0.2) is 4.98 Å². The van der Waals surface area contributed by atoms with Crippen molar-refractivity contribution in [3.05, 3.63) is 70.6 Å². The fourth-order valence-electron chi connectivity index (χ4n) is 2.04. The van der Waals surface area contributed by atoms with Gasteiger partial charge in [-0.1, -0.05) is 41.4 Å². The summed E-state index contributed by atoms with van der Waals surface area (Å²) < 4.78 is 0. The van der Waals surface area contributed by atoms with Gasteiger partial charge in [0.15, 0.2) is 0 Å². The summed E-state index contributed by atoms with van der Waals surface area (Å²) in [7, 11) is 0. The monoisotopic (exact) mass is 317 g/mol. The second kappa shape index (κ2) is 6.20. The van der Waals surface area contributed by atoms with Gasteiger partial charge < -0.3 is 10.3 Å². The van der Waals surface area contributed by atoms with Gasteiger partial charge in [-0.2, -0.15) is 0 Å². The number of H-pyrrole nitrogens is 1. The van der Waals surface area contributed by atoms with Gasteiger partial charge in [0.2, 0.25) is 0 Å². The van der Waals surface area contributed by atoms with Gasteiger partial charge in [0.05, 0.1) is 18.2 Å². The molecule has 0 amide bonds. The van der Waals surface area contributed by atoms with Crippen molar-refractivity contribution in [2.24, 2.45) is 0 Å². The summed E-state index contributed by atoms with van der Waals surface area (Å²) >= 11 is 12.0. The average Bonchev–Trinajstić information content (AvgIpc) is 3.01. The van der Waals surface area contributed by atoms with E-state index in [4.69, 9.17) is 23.2 Å². The molecule has 3 aromatic rings. The molecule has 0 aliphatic carbocycles. The van der Waals surface area contributed by atoms with Crippen molar-refractivity contribution in [1.29, 1.82) is 0 Å². The number of aromatic amines is 1. The summed E-state index contributed by atoms with van der Waals surface area (Å²) in [5, 5.41) is 4.66. The summed E-state index contributed by atoms with van der Waals surface area (Å²) in [6.45, 7) is 0.652. The number of nitrogens with one attached hydrogen (secondary N) is 2. The van der Waals surface area contributed by atoms with Crippen LogP contribution in [0.25, 0.3) is 11.3 Å². The van der Waals surface area contributed by atoms with Crippen molar-refractivity contribution in [2.45, 2.75) is 6.54 Å². The first-order valence-corrected chi connectivity index (χ1v) is 7.24. The van der Waals surface area contributed by atoms with E-state index in [0.29, 0.717) is 16.6 Å². The van der Waals surface area contributed by atoms with Gasteiger partial charge in [0.1, 0.15) is 0 Å². The SMILES string of the molecule is Clc1ccc(CNc2ccc(-c3cnc[nH]3)cc2)c(Cl)c1. The number of benzene rings is 2. The van der Waals surface area contributed by atoms with Crippen molar-refractivity contribution < 1.29 is 0 Å². The molecule has 0 radical (unpaired) electrons. The molecule has 2 aromatic carbocycles. The van der Waals surface area contributed by atoms with E-state index in [1.165, 1.54) is 0 Å². The van der Waals surface area contributed by atoms with Crippen molar-refractivity contribution in [1.82, 2.24) is 9.97 Å². The third-order valence-electron chi connectivity index (χ3n) is 3.19. The van der Waals surface area contributed by atoms with Crippen LogP contribution in [0.1, 0.15) is 5.56 Å². The molecule has 5 heteroatoms. The van der Waals surface area contributed by atoms with Gasteiger partial charge in [-0.3, -0.25) is 0 Å². The van der Waals surface area contributed by atoms with Crippen molar-refractivity contribution >= 4 is 28.9 Å². The molecule has 0 aliphatic heterocycles. The highest BCUT2D eigenvalue weighted by Gasteiger charge is 2.02. The molecule has 2 N–H and O–H groups in total. The lowest BCUT2D eigenvalue weighted by atomic mass is 10.1. The highest BCUT2D eigenvalue weighted by atomic mass is 35.5. The first-order chi connectivity index (χ1) is 10.2. The summed E-state index contributed by atoms with van der Waals surface area (Å²) in [6, 6.07) is 13.7. The molecule has 0 spiro atoms.